The Labute approximate surface area is 156 Å². The van der Waals surface area contributed by atoms with E-state index in [-0.39, 0.29) is 12.2 Å². The van der Waals surface area contributed by atoms with Crippen molar-refractivity contribution in [3.8, 4) is 11.5 Å². The van der Waals surface area contributed by atoms with Crippen molar-refractivity contribution < 1.29 is 39.2 Å². The van der Waals surface area contributed by atoms with E-state index in [4.69, 9.17) is 14.6 Å². The average molecular weight is 384 g/mol. The molecular weight excluding hydrogens is 360 g/mol. The summed E-state index contributed by atoms with van der Waals surface area (Å²) < 4.78 is 9.79. The van der Waals surface area contributed by atoms with Gasteiger partial charge in [-0.25, -0.2) is 19.8 Å². The third-order valence-corrected chi connectivity index (χ3v) is 3.21. The molecule has 0 saturated heterocycles. The van der Waals surface area contributed by atoms with Gasteiger partial charge in [-0.2, -0.15) is 0 Å². The zero-order valence-electron chi connectivity index (χ0n) is 15.5. The van der Waals surface area contributed by atoms with Crippen LogP contribution in [0, 0.1) is 0 Å². The second-order valence-corrected chi connectivity index (χ2v) is 7.05. The fourth-order valence-corrected chi connectivity index (χ4v) is 2.03. The molecule has 1 amide bonds. The van der Waals surface area contributed by atoms with Crippen molar-refractivity contribution in [2.24, 2.45) is 0 Å². The molecule has 1 aromatic carbocycles. The van der Waals surface area contributed by atoms with E-state index >= 15 is 0 Å². The van der Waals surface area contributed by atoms with E-state index in [0.717, 1.165) is 0 Å². The number of phenols is 2. The molecule has 0 spiro atoms. The lowest BCUT2D eigenvalue weighted by molar-refractivity contribution is -0.160. The van der Waals surface area contributed by atoms with Crippen molar-refractivity contribution in [2.75, 3.05) is 6.61 Å². The monoisotopic (exact) mass is 384 g/mol. The van der Waals surface area contributed by atoms with Crippen LogP contribution in [-0.2, 0) is 25.5 Å². The Morgan fingerprint density at radius 1 is 1.07 bits per heavy atom. The first kappa shape index (κ1) is 22.0. The van der Waals surface area contributed by atoms with Crippen LogP contribution in [0.3, 0.4) is 0 Å². The molecule has 1 aromatic rings. The number of esters is 1. The summed E-state index contributed by atoms with van der Waals surface area (Å²) in [5, 5.41) is 27.7. The van der Waals surface area contributed by atoms with Gasteiger partial charge in [0.05, 0.1) is 0 Å². The first-order valence-electron chi connectivity index (χ1n) is 7.98. The summed E-state index contributed by atoms with van der Waals surface area (Å²) in [5.41, 5.74) is 2.77. The smallest absolute Gasteiger partial charge is 0.422 e. The van der Waals surface area contributed by atoms with Gasteiger partial charge in [0.25, 0.3) is 0 Å². The van der Waals surface area contributed by atoms with E-state index in [0.29, 0.717) is 5.56 Å². The van der Waals surface area contributed by atoms with Gasteiger partial charge < -0.3 is 24.8 Å². The predicted molar refractivity (Wildman–Crippen MR) is 93.0 cm³/mol. The Bertz CT molecular complexity index is 713. The van der Waals surface area contributed by atoms with Crippen LogP contribution in [0.2, 0.25) is 0 Å². The molecule has 0 bridgehead atoms. The number of aromatic hydroxyl groups is 2. The number of carbonyl (C=O) groups is 3. The molecule has 1 unspecified atom stereocenters. The minimum Gasteiger partial charge on any atom is -0.504 e. The first-order valence-corrected chi connectivity index (χ1v) is 7.98. The number of nitrogens with one attached hydrogen (secondary N) is 2. The van der Waals surface area contributed by atoms with Crippen molar-refractivity contribution in [1.82, 2.24) is 10.9 Å². The highest BCUT2D eigenvalue weighted by atomic mass is 16.6. The van der Waals surface area contributed by atoms with Crippen molar-refractivity contribution in [3.05, 3.63) is 23.8 Å². The van der Waals surface area contributed by atoms with Gasteiger partial charge in [0.15, 0.2) is 18.1 Å². The van der Waals surface area contributed by atoms with Gasteiger partial charge in [-0.3, -0.25) is 5.43 Å². The Hall–Kier alpha value is -3.01. The topological polar surface area (TPSA) is 154 Å². The van der Waals surface area contributed by atoms with Crippen LogP contribution in [0.4, 0.5) is 4.79 Å². The molecule has 10 nitrogen and oxygen atoms in total. The second-order valence-electron chi connectivity index (χ2n) is 7.05. The lowest BCUT2D eigenvalue weighted by Crippen LogP contribution is -2.59. The van der Waals surface area contributed by atoms with Gasteiger partial charge in [-0.05, 0) is 45.4 Å². The molecule has 0 aliphatic carbocycles. The number of benzene rings is 1. The van der Waals surface area contributed by atoms with Crippen LogP contribution in [0.1, 0.15) is 33.3 Å². The Morgan fingerprint density at radius 2 is 1.70 bits per heavy atom. The summed E-state index contributed by atoms with van der Waals surface area (Å²) in [4.78, 5) is 34.8. The highest BCUT2D eigenvalue weighted by Crippen LogP contribution is 2.27. The third kappa shape index (κ3) is 7.40. The predicted octanol–water partition coefficient (Wildman–Crippen LogP) is 1.06. The van der Waals surface area contributed by atoms with Crippen molar-refractivity contribution in [3.63, 3.8) is 0 Å². The summed E-state index contributed by atoms with van der Waals surface area (Å²) in [6.07, 6.45) is -0.956. The number of carboxylic acids is 1. The molecule has 1 atom stereocenters. The van der Waals surface area contributed by atoms with Gasteiger partial charge >= 0.3 is 18.0 Å². The Morgan fingerprint density at radius 3 is 2.22 bits per heavy atom. The van der Waals surface area contributed by atoms with Crippen LogP contribution in [0.5, 0.6) is 11.5 Å². The maximum Gasteiger partial charge on any atom is 0.422 e. The molecule has 0 heterocycles. The van der Waals surface area contributed by atoms with Gasteiger partial charge in [0.1, 0.15) is 11.1 Å². The number of hydrogen-bond acceptors (Lipinski definition) is 8. The number of phenolic OH excluding ortho intramolecular Hbond substituents is 2. The van der Waals surface area contributed by atoms with Crippen molar-refractivity contribution >= 4 is 18.0 Å². The average Bonchev–Trinajstić information content (AvgIpc) is 2.52. The zero-order valence-corrected chi connectivity index (χ0v) is 15.5. The molecule has 0 fully saturated rings. The fourth-order valence-electron chi connectivity index (χ4n) is 2.03. The SMILES string of the molecule is CC(C)(C)OC(=O)NNC(C)(Cc1ccc(O)c(O)c1)C(=O)OCC(=O)O. The number of carbonyl (C=O) groups excluding carboxylic acids is 2. The Kier molecular flexibility index (Phi) is 7.00. The zero-order chi connectivity index (χ0) is 20.8. The van der Waals surface area contributed by atoms with E-state index < -0.39 is 41.5 Å². The molecule has 0 aromatic heterocycles. The number of carboxylic acid groups (broad SMARTS) is 1. The standard InChI is InChI=1S/C17H24N2O8/c1-16(2,3)27-15(25)18-19-17(4,14(24)26-9-13(22)23)8-10-5-6-11(20)12(21)7-10/h5-7,19-21H,8-9H2,1-4H3,(H,18,25)(H,22,23). The van der Waals surface area contributed by atoms with E-state index in [1.54, 1.807) is 20.8 Å². The fraction of sp³-hybridized carbons (Fsp3) is 0.471. The summed E-state index contributed by atoms with van der Waals surface area (Å²) in [6.45, 7) is 5.49. The van der Waals surface area contributed by atoms with E-state index in [1.165, 1.54) is 25.1 Å². The molecular formula is C17H24N2O8. The lowest BCUT2D eigenvalue weighted by atomic mass is 9.93. The second kappa shape index (κ2) is 8.58. The number of aliphatic carboxylic acids is 1. The number of ether oxygens (including phenoxy) is 2. The van der Waals surface area contributed by atoms with Crippen LogP contribution >= 0.6 is 0 Å². The summed E-state index contributed by atoms with van der Waals surface area (Å²) in [7, 11) is 0. The van der Waals surface area contributed by atoms with Crippen LogP contribution in [0.25, 0.3) is 0 Å². The van der Waals surface area contributed by atoms with Gasteiger partial charge in [-0.15, -0.1) is 0 Å². The maximum absolute atomic E-state index is 12.4. The van der Waals surface area contributed by atoms with Crippen LogP contribution in [0.15, 0.2) is 18.2 Å². The van der Waals surface area contributed by atoms with Crippen molar-refractivity contribution in [2.45, 2.75) is 45.3 Å². The highest BCUT2D eigenvalue weighted by Gasteiger charge is 2.36. The quantitative estimate of drug-likeness (QED) is 0.264. The van der Waals surface area contributed by atoms with Crippen LogP contribution in [-0.4, -0.2) is 51.1 Å². The number of hydrogen-bond donors (Lipinski definition) is 5. The lowest BCUT2D eigenvalue weighted by Gasteiger charge is -2.29. The first-order chi connectivity index (χ1) is 12.3. The minimum absolute atomic E-state index is 0.102. The van der Waals surface area contributed by atoms with Gasteiger partial charge in [-0.1, -0.05) is 6.07 Å². The summed E-state index contributed by atoms with van der Waals surface area (Å²) in [5.74, 6) is -3.02. The molecule has 10 heteroatoms. The van der Waals surface area contributed by atoms with Gasteiger partial charge in [0.2, 0.25) is 0 Å². The van der Waals surface area contributed by atoms with Crippen molar-refractivity contribution in [1.29, 1.82) is 0 Å². The number of rotatable bonds is 7. The molecule has 0 aliphatic heterocycles. The van der Waals surface area contributed by atoms with E-state index in [9.17, 15) is 24.6 Å². The number of amides is 1. The van der Waals surface area contributed by atoms with E-state index in [2.05, 4.69) is 10.9 Å². The molecule has 0 radical (unpaired) electrons. The molecule has 1 rings (SSSR count). The molecule has 27 heavy (non-hydrogen) atoms. The Balaban J connectivity index is 2.96. The maximum atomic E-state index is 12.4. The van der Waals surface area contributed by atoms with E-state index in [1.807, 2.05) is 0 Å². The van der Waals surface area contributed by atoms with Crippen LogP contribution < -0.4 is 10.9 Å². The third-order valence-electron chi connectivity index (χ3n) is 3.21. The molecule has 150 valence electrons. The normalized spacial score (nSPS) is 13.3. The molecule has 5 N–H and O–H groups in total. The summed E-state index contributed by atoms with van der Waals surface area (Å²) in [6, 6.07) is 3.91. The minimum atomic E-state index is -1.59. The highest BCUT2D eigenvalue weighted by molar-refractivity contribution is 5.83. The molecule has 0 aliphatic rings. The van der Waals surface area contributed by atoms with Gasteiger partial charge in [0, 0.05) is 6.42 Å². The largest absolute Gasteiger partial charge is 0.504 e. The molecule has 0 saturated carbocycles. The number of hydrazine groups is 1. The summed E-state index contributed by atoms with van der Waals surface area (Å²) >= 11 is 0.